The zero-order valence-corrected chi connectivity index (χ0v) is 13.1. The van der Waals surface area contributed by atoms with Gasteiger partial charge in [-0.1, -0.05) is 37.6 Å². The summed E-state index contributed by atoms with van der Waals surface area (Å²) in [5.41, 5.74) is 6.85. The molecule has 0 aromatic heterocycles. The second-order valence-corrected chi connectivity index (χ2v) is 6.10. The SMILES string of the molecule is CC(C)CC(CN)CC(=O)NCCc1cccc(Cl)c1. The van der Waals surface area contributed by atoms with Crippen LogP contribution >= 0.6 is 11.6 Å². The Hall–Kier alpha value is -1.06. The maximum atomic E-state index is 11.9. The fourth-order valence-corrected chi connectivity index (χ4v) is 2.52. The lowest BCUT2D eigenvalue weighted by Crippen LogP contribution is -2.30. The van der Waals surface area contributed by atoms with Crippen molar-refractivity contribution in [2.45, 2.75) is 33.1 Å². The minimum Gasteiger partial charge on any atom is -0.356 e. The van der Waals surface area contributed by atoms with Crippen LogP contribution in [-0.4, -0.2) is 19.0 Å². The van der Waals surface area contributed by atoms with Crippen LogP contribution in [-0.2, 0) is 11.2 Å². The van der Waals surface area contributed by atoms with Crippen LogP contribution < -0.4 is 11.1 Å². The molecule has 3 nitrogen and oxygen atoms in total. The molecule has 0 heterocycles. The van der Waals surface area contributed by atoms with Gasteiger partial charge in [0, 0.05) is 18.0 Å². The molecule has 1 atom stereocenters. The van der Waals surface area contributed by atoms with Crippen LogP contribution in [0.1, 0.15) is 32.3 Å². The molecule has 0 aliphatic carbocycles. The summed E-state index contributed by atoms with van der Waals surface area (Å²) in [5.74, 6) is 0.937. The lowest BCUT2D eigenvalue weighted by atomic mass is 9.94. The molecule has 1 rings (SSSR count). The van der Waals surface area contributed by atoms with Crippen molar-refractivity contribution >= 4 is 17.5 Å². The van der Waals surface area contributed by atoms with E-state index in [-0.39, 0.29) is 11.8 Å². The van der Waals surface area contributed by atoms with E-state index in [0.29, 0.717) is 25.4 Å². The van der Waals surface area contributed by atoms with Gasteiger partial charge >= 0.3 is 0 Å². The number of carbonyl (C=O) groups is 1. The van der Waals surface area contributed by atoms with Gasteiger partial charge in [-0.15, -0.1) is 0 Å². The number of carbonyl (C=O) groups excluding carboxylic acids is 1. The van der Waals surface area contributed by atoms with Gasteiger partial charge in [0.1, 0.15) is 0 Å². The molecule has 0 aliphatic heterocycles. The first-order chi connectivity index (χ1) is 9.51. The van der Waals surface area contributed by atoms with Crippen molar-refractivity contribution in [3.05, 3.63) is 34.9 Å². The van der Waals surface area contributed by atoms with E-state index in [4.69, 9.17) is 17.3 Å². The van der Waals surface area contributed by atoms with Crippen LogP contribution in [0, 0.1) is 11.8 Å². The number of nitrogens with one attached hydrogen (secondary N) is 1. The molecule has 112 valence electrons. The predicted octanol–water partition coefficient (Wildman–Crippen LogP) is 3.01. The number of benzene rings is 1. The number of hydrogen-bond donors (Lipinski definition) is 2. The van der Waals surface area contributed by atoms with Crippen LogP contribution in [0.3, 0.4) is 0 Å². The molecule has 1 aromatic rings. The number of amides is 1. The van der Waals surface area contributed by atoms with Gasteiger partial charge in [-0.2, -0.15) is 0 Å². The third kappa shape index (κ3) is 6.92. The molecule has 3 N–H and O–H groups in total. The van der Waals surface area contributed by atoms with Crippen molar-refractivity contribution in [2.24, 2.45) is 17.6 Å². The number of halogens is 1. The fraction of sp³-hybridized carbons (Fsp3) is 0.562. The topological polar surface area (TPSA) is 55.1 Å². The molecule has 1 amide bonds. The summed E-state index contributed by atoms with van der Waals surface area (Å²) in [4.78, 5) is 11.9. The minimum absolute atomic E-state index is 0.0862. The molecule has 0 bridgehead atoms. The highest BCUT2D eigenvalue weighted by atomic mass is 35.5. The third-order valence-corrected chi connectivity index (χ3v) is 3.47. The van der Waals surface area contributed by atoms with Gasteiger partial charge in [0.15, 0.2) is 0 Å². The second-order valence-electron chi connectivity index (χ2n) is 5.67. The van der Waals surface area contributed by atoms with Crippen LogP contribution in [0.4, 0.5) is 0 Å². The summed E-state index contributed by atoms with van der Waals surface area (Å²) in [6, 6.07) is 7.71. The molecule has 20 heavy (non-hydrogen) atoms. The summed E-state index contributed by atoms with van der Waals surface area (Å²) in [6.45, 7) is 5.51. The van der Waals surface area contributed by atoms with E-state index in [0.717, 1.165) is 23.4 Å². The van der Waals surface area contributed by atoms with Gasteiger partial charge in [-0.3, -0.25) is 4.79 Å². The fourth-order valence-electron chi connectivity index (χ4n) is 2.30. The highest BCUT2D eigenvalue weighted by Crippen LogP contribution is 2.14. The van der Waals surface area contributed by atoms with Gasteiger partial charge in [-0.05, 0) is 48.9 Å². The average Bonchev–Trinajstić information content (AvgIpc) is 2.37. The van der Waals surface area contributed by atoms with Crippen molar-refractivity contribution in [3.63, 3.8) is 0 Å². The van der Waals surface area contributed by atoms with Crippen molar-refractivity contribution in [3.8, 4) is 0 Å². The van der Waals surface area contributed by atoms with Gasteiger partial charge in [0.2, 0.25) is 5.91 Å². The summed E-state index contributed by atoms with van der Waals surface area (Å²) in [5, 5.41) is 3.68. The zero-order valence-electron chi connectivity index (χ0n) is 12.4. The predicted molar refractivity (Wildman–Crippen MR) is 84.8 cm³/mol. The number of hydrogen-bond acceptors (Lipinski definition) is 2. The molecule has 0 spiro atoms. The van der Waals surface area contributed by atoms with Crippen LogP contribution in [0.2, 0.25) is 5.02 Å². The summed E-state index contributed by atoms with van der Waals surface area (Å²) in [7, 11) is 0. The van der Waals surface area contributed by atoms with Crippen molar-refractivity contribution in [1.29, 1.82) is 0 Å². The lowest BCUT2D eigenvalue weighted by molar-refractivity contribution is -0.122. The van der Waals surface area contributed by atoms with E-state index in [1.165, 1.54) is 0 Å². The maximum Gasteiger partial charge on any atom is 0.220 e. The van der Waals surface area contributed by atoms with Crippen LogP contribution in [0.25, 0.3) is 0 Å². The van der Waals surface area contributed by atoms with Gasteiger partial charge in [0.05, 0.1) is 0 Å². The van der Waals surface area contributed by atoms with Gasteiger partial charge in [-0.25, -0.2) is 0 Å². The first-order valence-corrected chi connectivity index (χ1v) is 7.60. The van der Waals surface area contributed by atoms with Crippen molar-refractivity contribution in [2.75, 3.05) is 13.1 Å². The van der Waals surface area contributed by atoms with E-state index < -0.39 is 0 Å². The Bertz CT molecular complexity index is 421. The van der Waals surface area contributed by atoms with E-state index >= 15 is 0 Å². The van der Waals surface area contributed by atoms with Crippen molar-refractivity contribution in [1.82, 2.24) is 5.32 Å². The highest BCUT2D eigenvalue weighted by Gasteiger charge is 2.13. The Morgan fingerprint density at radius 2 is 2.15 bits per heavy atom. The number of rotatable bonds is 8. The molecule has 1 aromatic carbocycles. The van der Waals surface area contributed by atoms with Crippen LogP contribution in [0.15, 0.2) is 24.3 Å². The lowest BCUT2D eigenvalue weighted by Gasteiger charge is -2.16. The molecular formula is C16H25ClN2O. The maximum absolute atomic E-state index is 11.9. The molecule has 4 heteroatoms. The van der Waals surface area contributed by atoms with Crippen LogP contribution in [0.5, 0.6) is 0 Å². The van der Waals surface area contributed by atoms with Gasteiger partial charge < -0.3 is 11.1 Å². The summed E-state index contributed by atoms with van der Waals surface area (Å²) >= 11 is 5.92. The van der Waals surface area contributed by atoms with E-state index in [2.05, 4.69) is 19.2 Å². The first-order valence-electron chi connectivity index (χ1n) is 7.22. The summed E-state index contributed by atoms with van der Waals surface area (Å²) < 4.78 is 0. The van der Waals surface area contributed by atoms with E-state index in [9.17, 15) is 4.79 Å². The molecule has 1 unspecified atom stereocenters. The molecule has 0 fully saturated rings. The average molecular weight is 297 g/mol. The second kappa shape index (κ2) is 8.98. The third-order valence-electron chi connectivity index (χ3n) is 3.24. The largest absolute Gasteiger partial charge is 0.356 e. The Morgan fingerprint density at radius 1 is 1.40 bits per heavy atom. The molecule has 0 aliphatic rings. The Balaban J connectivity index is 2.29. The number of nitrogens with two attached hydrogens (primary N) is 1. The highest BCUT2D eigenvalue weighted by molar-refractivity contribution is 6.30. The Labute approximate surface area is 126 Å². The van der Waals surface area contributed by atoms with Gasteiger partial charge in [0.25, 0.3) is 0 Å². The first kappa shape index (κ1) is 17.0. The van der Waals surface area contributed by atoms with E-state index in [1.54, 1.807) is 0 Å². The normalized spacial score (nSPS) is 12.4. The summed E-state index contributed by atoms with van der Waals surface area (Å²) in [6.07, 6.45) is 2.31. The minimum atomic E-state index is 0.0862. The standard InChI is InChI=1S/C16H25ClN2O/c1-12(2)8-14(11-18)10-16(20)19-7-6-13-4-3-5-15(17)9-13/h3-5,9,12,14H,6-8,10-11,18H2,1-2H3,(H,19,20). The van der Waals surface area contributed by atoms with Crippen molar-refractivity contribution < 1.29 is 4.79 Å². The molecule has 0 saturated carbocycles. The zero-order chi connectivity index (χ0) is 15.0. The molecule has 0 saturated heterocycles. The Morgan fingerprint density at radius 3 is 2.75 bits per heavy atom. The van der Waals surface area contributed by atoms with E-state index in [1.807, 2.05) is 24.3 Å². The molecule has 0 radical (unpaired) electrons. The smallest absolute Gasteiger partial charge is 0.220 e. The molecular weight excluding hydrogens is 272 g/mol. The monoisotopic (exact) mass is 296 g/mol. The quantitative estimate of drug-likeness (QED) is 0.775. The Kier molecular flexibility index (Phi) is 7.63.